The number of fused-ring (bicyclic) bond motifs is 2. The third-order valence-electron chi connectivity index (χ3n) is 5.61. The molecule has 0 heterocycles. The number of nitrogens with zero attached hydrogens (tertiary/aromatic N) is 2. The van der Waals surface area contributed by atoms with Gasteiger partial charge in [-0.1, -0.05) is 65.8 Å². The van der Waals surface area contributed by atoms with Gasteiger partial charge in [0.25, 0.3) is 0 Å². The van der Waals surface area contributed by atoms with Crippen LogP contribution in [0.1, 0.15) is 30.4 Å². The Morgan fingerprint density at radius 3 is 2.00 bits per heavy atom. The first-order valence-corrected chi connectivity index (χ1v) is 8.89. The van der Waals surface area contributed by atoms with Crippen molar-refractivity contribution in [3.63, 3.8) is 0 Å². The minimum Gasteiger partial charge on any atom is -0.411 e. The summed E-state index contributed by atoms with van der Waals surface area (Å²) in [4.78, 5) is 2.50. The van der Waals surface area contributed by atoms with Crippen molar-refractivity contribution in [2.75, 3.05) is 0 Å². The first-order chi connectivity index (χ1) is 11.8. The van der Waals surface area contributed by atoms with Crippen LogP contribution >= 0.6 is 0 Å². The minimum atomic E-state index is 0.272. The lowest BCUT2D eigenvalue weighted by molar-refractivity contribution is 0.175. The number of rotatable bonds is 5. The second kappa shape index (κ2) is 6.78. The molecule has 0 amide bonds. The van der Waals surface area contributed by atoms with Gasteiger partial charge in [0.05, 0.1) is 11.8 Å². The predicted molar refractivity (Wildman–Crippen MR) is 96.0 cm³/mol. The summed E-state index contributed by atoms with van der Waals surface area (Å²) in [7, 11) is 0. The average Bonchev–Trinajstić information content (AvgIpc) is 3.24. The van der Waals surface area contributed by atoms with E-state index in [9.17, 15) is 5.21 Å². The van der Waals surface area contributed by atoms with Gasteiger partial charge in [-0.15, -0.1) is 0 Å². The molecule has 2 saturated carbocycles. The summed E-state index contributed by atoms with van der Waals surface area (Å²) in [5, 5.41) is 13.3. The normalized spacial score (nSPS) is 27.2. The van der Waals surface area contributed by atoms with Gasteiger partial charge in [0.15, 0.2) is 0 Å². The SMILES string of the molecule is O/N=C1/C2CCC(C2)C1N(Cc1ccccc1)Cc1ccccc1. The second-order valence-corrected chi connectivity index (χ2v) is 7.12. The summed E-state index contributed by atoms with van der Waals surface area (Å²) in [6.45, 7) is 1.78. The van der Waals surface area contributed by atoms with Gasteiger partial charge in [0.1, 0.15) is 0 Å². The molecule has 0 spiro atoms. The van der Waals surface area contributed by atoms with E-state index in [2.05, 4.69) is 70.7 Å². The molecule has 24 heavy (non-hydrogen) atoms. The summed E-state index contributed by atoms with van der Waals surface area (Å²) in [6.07, 6.45) is 3.63. The van der Waals surface area contributed by atoms with Crippen LogP contribution in [0.2, 0.25) is 0 Å². The Kier molecular flexibility index (Phi) is 4.35. The predicted octanol–water partition coefficient (Wildman–Crippen LogP) is 4.32. The molecule has 3 unspecified atom stereocenters. The van der Waals surface area contributed by atoms with Crippen LogP contribution in [-0.2, 0) is 13.1 Å². The molecule has 3 heteroatoms. The van der Waals surface area contributed by atoms with Gasteiger partial charge >= 0.3 is 0 Å². The van der Waals surface area contributed by atoms with Gasteiger partial charge < -0.3 is 5.21 Å². The molecule has 2 bridgehead atoms. The van der Waals surface area contributed by atoms with Gasteiger partial charge in [-0.3, -0.25) is 4.90 Å². The van der Waals surface area contributed by atoms with E-state index in [0.29, 0.717) is 11.8 Å². The van der Waals surface area contributed by atoms with Gasteiger partial charge in [-0.25, -0.2) is 0 Å². The molecule has 2 aromatic rings. The highest BCUT2D eigenvalue weighted by Crippen LogP contribution is 2.45. The molecule has 0 aromatic heterocycles. The first kappa shape index (κ1) is 15.4. The summed E-state index contributed by atoms with van der Waals surface area (Å²) in [5.41, 5.74) is 3.64. The molecule has 3 atom stereocenters. The number of hydrogen-bond donors (Lipinski definition) is 1. The van der Waals surface area contributed by atoms with Crippen LogP contribution in [0.3, 0.4) is 0 Å². The fraction of sp³-hybridized carbons (Fsp3) is 0.381. The molecule has 2 fully saturated rings. The summed E-state index contributed by atoms with van der Waals surface area (Å²) >= 11 is 0. The van der Waals surface area contributed by atoms with E-state index in [1.165, 1.54) is 30.4 Å². The molecule has 3 nitrogen and oxygen atoms in total. The molecule has 124 valence electrons. The van der Waals surface area contributed by atoms with E-state index in [4.69, 9.17) is 0 Å². The van der Waals surface area contributed by atoms with Crippen molar-refractivity contribution in [1.82, 2.24) is 4.90 Å². The van der Waals surface area contributed by atoms with E-state index in [-0.39, 0.29) is 6.04 Å². The van der Waals surface area contributed by atoms with E-state index in [1.807, 2.05) is 0 Å². The van der Waals surface area contributed by atoms with Crippen molar-refractivity contribution in [3.8, 4) is 0 Å². The molecule has 2 aliphatic carbocycles. The Morgan fingerprint density at radius 1 is 0.875 bits per heavy atom. The van der Waals surface area contributed by atoms with Crippen molar-refractivity contribution in [3.05, 3.63) is 71.8 Å². The molecule has 1 N–H and O–H groups in total. The van der Waals surface area contributed by atoms with Crippen molar-refractivity contribution in [2.45, 2.75) is 38.4 Å². The highest BCUT2D eigenvalue weighted by atomic mass is 16.4. The Balaban J connectivity index is 1.62. The maximum absolute atomic E-state index is 9.60. The minimum absolute atomic E-state index is 0.272. The Hall–Kier alpha value is -2.13. The van der Waals surface area contributed by atoms with Crippen molar-refractivity contribution in [1.29, 1.82) is 0 Å². The molecule has 2 aromatic carbocycles. The largest absolute Gasteiger partial charge is 0.411 e. The molecule has 0 radical (unpaired) electrons. The highest BCUT2D eigenvalue weighted by molar-refractivity contribution is 5.94. The quantitative estimate of drug-likeness (QED) is 0.658. The zero-order valence-corrected chi connectivity index (χ0v) is 13.9. The average molecular weight is 320 g/mol. The monoisotopic (exact) mass is 320 g/mol. The zero-order valence-electron chi connectivity index (χ0n) is 13.9. The van der Waals surface area contributed by atoms with E-state index in [1.54, 1.807) is 0 Å². The van der Waals surface area contributed by atoms with Crippen LogP contribution in [-0.4, -0.2) is 21.9 Å². The van der Waals surface area contributed by atoms with Crippen LogP contribution in [0.5, 0.6) is 0 Å². The van der Waals surface area contributed by atoms with E-state index < -0.39 is 0 Å². The smallest absolute Gasteiger partial charge is 0.0775 e. The number of benzene rings is 2. The standard InChI is InChI=1S/C21H24N2O/c24-22-20-18-11-12-19(13-18)21(20)23(14-16-7-3-1-4-8-16)15-17-9-5-2-6-10-17/h1-10,18-19,21,24H,11-15H2/b22-20-. The van der Waals surface area contributed by atoms with E-state index >= 15 is 0 Å². The molecule has 0 aliphatic heterocycles. The number of oxime groups is 1. The summed E-state index contributed by atoms with van der Waals surface area (Å²) < 4.78 is 0. The van der Waals surface area contributed by atoms with Crippen LogP contribution in [0.15, 0.2) is 65.8 Å². The molecular weight excluding hydrogens is 296 g/mol. The lowest BCUT2D eigenvalue weighted by atomic mass is 9.91. The van der Waals surface area contributed by atoms with Gasteiger partial charge in [0.2, 0.25) is 0 Å². The first-order valence-electron chi connectivity index (χ1n) is 8.89. The zero-order chi connectivity index (χ0) is 16.4. The van der Waals surface area contributed by atoms with Crippen molar-refractivity contribution >= 4 is 5.71 Å². The van der Waals surface area contributed by atoms with Crippen molar-refractivity contribution < 1.29 is 5.21 Å². The fourth-order valence-electron chi connectivity index (χ4n) is 4.57. The molecule has 4 rings (SSSR count). The molecular formula is C21H24N2O. The Labute approximate surface area is 143 Å². The Bertz CT molecular complexity index is 657. The third kappa shape index (κ3) is 2.96. The maximum Gasteiger partial charge on any atom is 0.0775 e. The topological polar surface area (TPSA) is 35.8 Å². The Morgan fingerprint density at radius 2 is 1.46 bits per heavy atom. The highest BCUT2D eigenvalue weighted by Gasteiger charge is 2.47. The summed E-state index contributed by atoms with van der Waals surface area (Å²) in [6, 6.07) is 21.5. The van der Waals surface area contributed by atoms with Crippen LogP contribution in [0.4, 0.5) is 0 Å². The molecule has 0 saturated heterocycles. The number of hydrogen-bond acceptors (Lipinski definition) is 3. The van der Waals surface area contributed by atoms with Crippen molar-refractivity contribution in [2.24, 2.45) is 17.0 Å². The lowest BCUT2D eigenvalue weighted by Crippen LogP contribution is -2.44. The molecule has 2 aliphatic rings. The van der Waals surface area contributed by atoms with Crippen LogP contribution in [0.25, 0.3) is 0 Å². The van der Waals surface area contributed by atoms with Gasteiger partial charge in [0, 0.05) is 19.0 Å². The van der Waals surface area contributed by atoms with E-state index in [0.717, 1.165) is 18.8 Å². The fourth-order valence-corrected chi connectivity index (χ4v) is 4.57. The van der Waals surface area contributed by atoms with Gasteiger partial charge in [-0.05, 0) is 36.3 Å². The van der Waals surface area contributed by atoms with Crippen LogP contribution < -0.4 is 0 Å². The lowest BCUT2D eigenvalue weighted by Gasteiger charge is -2.35. The second-order valence-electron chi connectivity index (χ2n) is 7.12. The third-order valence-corrected chi connectivity index (χ3v) is 5.61. The maximum atomic E-state index is 9.60. The summed E-state index contributed by atoms with van der Waals surface area (Å²) in [5.74, 6) is 1.12. The van der Waals surface area contributed by atoms with Crippen LogP contribution in [0, 0.1) is 11.8 Å². The van der Waals surface area contributed by atoms with Gasteiger partial charge in [-0.2, -0.15) is 0 Å².